The van der Waals surface area contributed by atoms with Crippen LogP contribution in [0.25, 0.3) is 0 Å². The molecular weight excluding hydrogens is 280 g/mol. The Kier molecular flexibility index (Phi) is 3.75. The monoisotopic (exact) mass is 287 g/mol. The minimum absolute atomic E-state index is 0.00285. The van der Waals surface area contributed by atoms with Crippen molar-refractivity contribution in [2.75, 3.05) is 0 Å². The van der Waals surface area contributed by atoms with Gasteiger partial charge < -0.3 is 5.11 Å². The second-order valence-corrected chi connectivity index (χ2v) is 4.15. The van der Waals surface area contributed by atoms with Gasteiger partial charge in [0.15, 0.2) is 5.69 Å². The maximum absolute atomic E-state index is 12.9. The van der Waals surface area contributed by atoms with Crippen molar-refractivity contribution in [1.82, 2.24) is 15.0 Å². The zero-order valence-electron chi connectivity index (χ0n) is 9.42. The van der Waals surface area contributed by atoms with Crippen LogP contribution in [0.15, 0.2) is 24.3 Å². The van der Waals surface area contributed by atoms with Crippen molar-refractivity contribution in [2.45, 2.75) is 13.0 Å². The molecule has 0 saturated heterocycles. The first kappa shape index (κ1) is 13.4. The predicted molar refractivity (Wildman–Crippen MR) is 62.5 cm³/mol. The van der Waals surface area contributed by atoms with E-state index in [1.165, 1.54) is 0 Å². The molecule has 2 aromatic rings. The molecule has 1 N–H and O–H groups in total. The van der Waals surface area contributed by atoms with E-state index in [0.717, 1.165) is 4.68 Å². The Hall–Kier alpha value is -2.02. The third-order valence-corrected chi connectivity index (χ3v) is 2.68. The van der Waals surface area contributed by atoms with E-state index in [9.17, 15) is 13.6 Å². The standard InChI is InChI=1S/C11H8ClF2N3O2/c12-7-3-1-6(2-4-7)5-17-9(10(13)14)8(11(18)19)15-16-17/h1-4,10H,5H2,(H,18,19). The minimum atomic E-state index is -2.96. The van der Waals surface area contributed by atoms with E-state index in [1.807, 2.05) is 0 Å². The fourth-order valence-corrected chi connectivity index (χ4v) is 1.69. The number of nitrogens with zero attached hydrogens (tertiary/aromatic N) is 3. The van der Waals surface area contributed by atoms with E-state index >= 15 is 0 Å². The Morgan fingerprint density at radius 2 is 2.00 bits per heavy atom. The number of carbonyl (C=O) groups is 1. The summed E-state index contributed by atoms with van der Waals surface area (Å²) < 4.78 is 26.6. The summed E-state index contributed by atoms with van der Waals surface area (Å²) in [5, 5.41) is 16.0. The lowest BCUT2D eigenvalue weighted by Crippen LogP contribution is -2.09. The highest BCUT2D eigenvalue weighted by Crippen LogP contribution is 2.22. The highest BCUT2D eigenvalue weighted by Gasteiger charge is 2.26. The molecule has 0 spiro atoms. The van der Waals surface area contributed by atoms with Gasteiger partial charge in [-0.3, -0.25) is 0 Å². The average Bonchev–Trinajstić information content (AvgIpc) is 2.76. The smallest absolute Gasteiger partial charge is 0.358 e. The maximum Gasteiger partial charge on any atom is 0.358 e. The Labute approximate surface area is 111 Å². The topological polar surface area (TPSA) is 68.0 Å². The molecule has 0 saturated carbocycles. The Balaban J connectivity index is 2.35. The molecule has 19 heavy (non-hydrogen) atoms. The number of carboxylic acid groups (broad SMARTS) is 1. The van der Waals surface area contributed by atoms with Crippen LogP contribution in [0.5, 0.6) is 0 Å². The number of carboxylic acids is 1. The van der Waals surface area contributed by atoms with Gasteiger partial charge >= 0.3 is 5.97 Å². The average molecular weight is 288 g/mol. The van der Waals surface area contributed by atoms with E-state index in [-0.39, 0.29) is 6.54 Å². The molecule has 8 heteroatoms. The molecule has 2 rings (SSSR count). The number of rotatable bonds is 4. The molecule has 0 aliphatic rings. The normalized spacial score (nSPS) is 10.9. The van der Waals surface area contributed by atoms with Crippen molar-refractivity contribution in [2.24, 2.45) is 0 Å². The largest absolute Gasteiger partial charge is 0.476 e. The van der Waals surface area contributed by atoms with E-state index in [1.54, 1.807) is 24.3 Å². The molecule has 1 heterocycles. The third kappa shape index (κ3) is 2.87. The van der Waals surface area contributed by atoms with Gasteiger partial charge in [0.2, 0.25) is 0 Å². The van der Waals surface area contributed by atoms with Crippen LogP contribution in [0, 0.1) is 0 Å². The van der Waals surface area contributed by atoms with Crippen molar-refractivity contribution in [3.63, 3.8) is 0 Å². The minimum Gasteiger partial charge on any atom is -0.476 e. The van der Waals surface area contributed by atoms with Crippen molar-refractivity contribution >= 4 is 17.6 Å². The fourth-order valence-electron chi connectivity index (χ4n) is 1.57. The summed E-state index contributed by atoms with van der Waals surface area (Å²) in [6.45, 7) is -0.00285. The maximum atomic E-state index is 12.9. The van der Waals surface area contributed by atoms with Gasteiger partial charge in [-0.2, -0.15) is 0 Å². The second-order valence-electron chi connectivity index (χ2n) is 3.71. The molecule has 0 aliphatic heterocycles. The van der Waals surface area contributed by atoms with Gasteiger partial charge in [0.05, 0.1) is 6.54 Å². The van der Waals surface area contributed by atoms with Crippen molar-refractivity contribution in [3.8, 4) is 0 Å². The quantitative estimate of drug-likeness (QED) is 0.938. The number of hydrogen-bond acceptors (Lipinski definition) is 3. The van der Waals surface area contributed by atoms with Crippen LogP contribution in [-0.2, 0) is 6.54 Å². The van der Waals surface area contributed by atoms with Crippen LogP contribution >= 0.6 is 11.6 Å². The van der Waals surface area contributed by atoms with Crippen LogP contribution in [0.2, 0.25) is 5.02 Å². The van der Waals surface area contributed by atoms with Gasteiger partial charge in [0, 0.05) is 5.02 Å². The van der Waals surface area contributed by atoms with Gasteiger partial charge in [0.1, 0.15) is 5.69 Å². The Morgan fingerprint density at radius 3 is 2.53 bits per heavy atom. The summed E-state index contributed by atoms with van der Waals surface area (Å²) in [7, 11) is 0. The van der Waals surface area contributed by atoms with Crippen LogP contribution < -0.4 is 0 Å². The molecule has 0 radical (unpaired) electrons. The molecule has 0 aliphatic carbocycles. The molecule has 0 unspecified atom stereocenters. The summed E-state index contributed by atoms with van der Waals surface area (Å²) in [6, 6.07) is 6.49. The number of hydrogen-bond donors (Lipinski definition) is 1. The van der Waals surface area contributed by atoms with Gasteiger partial charge in [-0.15, -0.1) is 5.10 Å². The second kappa shape index (κ2) is 5.31. The highest BCUT2D eigenvalue weighted by atomic mass is 35.5. The van der Waals surface area contributed by atoms with Gasteiger partial charge in [-0.1, -0.05) is 28.9 Å². The van der Waals surface area contributed by atoms with Crippen LogP contribution in [0.4, 0.5) is 8.78 Å². The zero-order chi connectivity index (χ0) is 14.0. The van der Waals surface area contributed by atoms with Crippen LogP contribution in [0.1, 0.15) is 28.2 Å². The number of aromatic carboxylic acids is 1. The third-order valence-electron chi connectivity index (χ3n) is 2.43. The molecular formula is C11H8ClF2N3O2. The van der Waals surface area contributed by atoms with Crippen LogP contribution in [-0.4, -0.2) is 26.1 Å². The van der Waals surface area contributed by atoms with Gasteiger partial charge in [0.25, 0.3) is 6.43 Å². The number of benzene rings is 1. The Morgan fingerprint density at radius 1 is 1.37 bits per heavy atom. The van der Waals surface area contributed by atoms with E-state index in [0.29, 0.717) is 10.6 Å². The van der Waals surface area contributed by atoms with Gasteiger partial charge in [-0.05, 0) is 17.7 Å². The molecule has 1 aromatic carbocycles. The summed E-state index contributed by atoms with van der Waals surface area (Å²) >= 11 is 5.71. The number of halogens is 3. The first-order valence-electron chi connectivity index (χ1n) is 5.18. The first-order chi connectivity index (χ1) is 8.99. The SMILES string of the molecule is O=C(O)c1nnn(Cc2ccc(Cl)cc2)c1C(F)F. The fraction of sp³-hybridized carbons (Fsp3) is 0.182. The molecule has 0 bridgehead atoms. The summed E-state index contributed by atoms with van der Waals surface area (Å²) in [6.07, 6.45) is -2.96. The number of aromatic nitrogens is 3. The molecule has 100 valence electrons. The molecule has 1 aromatic heterocycles. The predicted octanol–water partition coefficient (Wildman–Crippen LogP) is 2.62. The molecule has 0 fully saturated rings. The highest BCUT2D eigenvalue weighted by molar-refractivity contribution is 6.30. The molecule has 0 atom stereocenters. The lowest BCUT2D eigenvalue weighted by Gasteiger charge is -2.06. The lowest BCUT2D eigenvalue weighted by molar-refractivity contribution is 0.0675. The molecule has 0 amide bonds. The Bertz CT molecular complexity index is 598. The van der Waals surface area contributed by atoms with Crippen molar-refractivity contribution in [3.05, 3.63) is 46.2 Å². The summed E-state index contributed by atoms with van der Waals surface area (Å²) in [5.74, 6) is -1.53. The van der Waals surface area contributed by atoms with Gasteiger partial charge in [-0.25, -0.2) is 18.3 Å². The van der Waals surface area contributed by atoms with E-state index in [2.05, 4.69) is 10.3 Å². The molecule has 5 nitrogen and oxygen atoms in total. The number of alkyl halides is 2. The van der Waals surface area contributed by atoms with Crippen molar-refractivity contribution in [1.29, 1.82) is 0 Å². The summed E-state index contributed by atoms with van der Waals surface area (Å²) in [4.78, 5) is 10.8. The first-order valence-corrected chi connectivity index (χ1v) is 5.56. The van der Waals surface area contributed by atoms with Crippen LogP contribution in [0.3, 0.4) is 0 Å². The summed E-state index contributed by atoms with van der Waals surface area (Å²) in [5.41, 5.74) is -0.778. The zero-order valence-corrected chi connectivity index (χ0v) is 10.2. The van der Waals surface area contributed by atoms with E-state index < -0.39 is 23.8 Å². The van der Waals surface area contributed by atoms with Crippen molar-refractivity contribution < 1.29 is 18.7 Å². The van der Waals surface area contributed by atoms with E-state index in [4.69, 9.17) is 16.7 Å². The lowest BCUT2D eigenvalue weighted by atomic mass is 10.2.